The first kappa shape index (κ1) is 18.9. The van der Waals surface area contributed by atoms with E-state index in [1.165, 1.54) is 0 Å². The number of hydrogen-bond donors (Lipinski definition) is 2. The molecule has 0 aliphatic rings. The van der Waals surface area contributed by atoms with Gasteiger partial charge in [-0.05, 0) is 62.6 Å². The van der Waals surface area contributed by atoms with Gasteiger partial charge in [-0.2, -0.15) is 11.8 Å². The number of aromatic nitrogens is 2. The molecule has 0 bridgehead atoms. The van der Waals surface area contributed by atoms with Crippen molar-refractivity contribution in [2.24, 2.45) is 0 Å². The number of nitrogens with zero attached hydrogens (tertiary/aromatic N) is 2. The first-order valence-electron chi connectivity index (χ1n) is 8.50. The van der Waals surface area contributed by atoms with E-state index in [9.17, 15) is 9.90 Å². The SMILES string of the molecule is CSCC[C@H](CO)NC(=O)c1ccc2nc(-n3c(C)ccc3C)sc2c1. The molecule has 0 spiro atoms. The summed E-state index contributed by atoms with van der Waals surface area (Å²) in [5.41, 5.74) is 3.75. The fourth-order valence-corrected chi connectivity index (χ4v) is 4.50. The van der Waals surface area contributed by atoms with Crippen molar-refractivity contribution in [2.75, 3.05) is 18.6 Å². The summed E-state index contributed by atoms with van der Waals surface area (Å²) in [6.07, 6.45) is 2.77. The van der Waals surface area contributed by atoms with Crippen LogP contribution in [0.1, 0.15) is 28.2 Å². The lowest BCUT2D eigenvalue weighted by molar-refractivity contribution is 0.0915. The third kappa shape index (κ3) is 3.95. The van der Waals surface area contributed by atoms with E-state index in [1.54, 1.807) is 29.2 Å². The van der Waals surface area contributed by atoms with E-state index >= 15 is 0 Å². The van der Waals surface area contributed by atoms with Crippen LogP contribution in [0.15, 0.2) is 30.3 Å². The summed E-state index contributed by atoms with van der Waals surface area (Å²) in [5.74, 6) is 0.744. The Morgan fingerprint density at radius 3 is 2.69 bits per heavy atom. The number of aliphatic hydroxyl groups excluding tert-OH is 1. The molecule has 0 fully saturated rings. The normalized spacial score (nSPS) is 12.5. The Morgan fingerprint density at radius 2 is 2.04 bits per heavy atom. The van der Waals surface area contributed by atoms with Crippen molar-refractivity contribution in [2.45, 2.75) is 26.3 Å². The van der Waals surface area contributed by atoms with Gasteiger partial charge in [0, 0.05) is 17.0 Å². The number of carbonyl (C=O) groups excluding carboxylic acids is 1. The Bertz CT molecular complexity index is 897. The Labute approximate surface area is 161 Å². The molecule has 26 heavy (non-hydrogen) atoms. The molecule has 3 rings (SSSR count). The van der Waals surface area contributed by atoms with Gasteiger partial charge in [0.25, 0.3) is 5.91 Å². The second-order valence-corrected chi connectivity index (χ2v) is 8.26. The highest BCUT2D eigenvalue weighted by molar-refractivity contribution is 7.98. The molecule has 3 aromatic rings. The Hall–Kier alpha value is -1.83. The number of thioether (sulfide) groups is 1. The number of hydrogen-bond acceptors (Lipinski definition) is 5. The van der Waals surface area contributed by atoms with E-state index < -0.39 is 0 Å². The summed E-state index contributed by atoms with van der Waals surface area (Å²) in [4.78, 5) is 17.2. The third-order valence-electron chi connectivity index (χ3n) is 4.33. The minimum absolute atomic E-state index is 0.0502. The first-order chi connectivity index (χ1) is 12.5. The molecule has 5 nitrogen and oxygen atoms in total. The van der Waals surface area contributed by atoms with Crippen molar-refractivity contribution in [3.05, 3.63) is 47.3 Å². The molecule has 1 atom stereocenters. The summed E-state index contributed by atoms with van der Waals surface area (Å²) >= 11 is 3.27. The molecule has 2 aromatic heterocycles. The minimum atomic E-state index is -0.215. The lowest BCUT2D eigenvalue weighted by atomic mass is 10.1. The number of rotatable bonds is 7. The number of aryl methyl sites for hydroxylation is 2. The number of fused-ring (bicyclic) bond motifs is 1. The number of carbonyl (C=O) groups is 1. The average molecular weight is 390 g/mol. The predicted octanol–water partition coefficient (Wildman–Crippen LogP) is 3.55. The van der Waals surface area contributed by atoms with Gasteiger partial charge in [-0.3, -0.25) is 9.36 Å². The van der Waals surface area contributed by atoms with Crippen molar-refractivity contribution < 1.29 is 9.90 Å². The maximum absolute atomic E-state index is 12.5. The minimum Gasteiger partial charge on any atom is -0.394 e. The van der Waals surface area contributed by atoms with Gasteiger partial charge < -0.3 is 10.4 Å². The summed E-state index contributed by atoms with van der Waals surface area (Å²) in [6.45, 7) is 4.06. The smallest absolute Gasteiger partial charge is 0.251 e. The molecular formula is C19H23N3O2S2. The maximum Gasteiger partial charge on any atom is 0.251 e. The molecular weight excluding hydrogens is 366 g/mol. The molecule has 0 aliphatic carbocycles. The molecule has 2 heterocycles. The van der Waals surface area contributed by atoms with Crippen LogP contribution < -0.4 is 5.32 Å². The lowest BCUT2D eigenvalue weighted by Crippen LogP contribution is -2.37. The number of nitrogens with one attached hydrogen (secondary N) is 1. The summed E-state index contributed by atoms with van der Waals surface area (Å²) in [7, 11) is 0. The highest BCUT2D eigenvalue weighted by atomic mass is 32.2. The maximum atomic E-state index is 12.5. The molecule has 138 valence electrons. The van der Waals surface area contributed by atoms with E-state index in [0.29, 0.717) is 5.56 Å². The van der Waals surface area contributed by atoms with Crippen LogP contribution in [0.4, 0.5) is 0 Å². The summed E-state index contributed by atoms with van der Waals surface area (Å²) < 4.78 is 3.10. The molecule has 0 aliphatic heterocycles. The van der Waals surface area contributed by atoms with E-state index in [1.807, 2.05) is 18.4 Å². The van der Waals surface area contributed by atoms with Gasteiger partial charge >= 0.3 is 0 Å². The predicted molar refractivity (Wildman–Crippen MR) is 110 cm³/mol. The van der Waals surface area contributed by atoms with Crippen molar-refractivity contribution in [1.82, 2.24) is 14.9 Å². The first-order valence-corrected chi connectivity index (χ1v) is 10.7. The van der Waals surface area contributed by atoms with Crippen LogP contribution >= 0.6 is 23.1 Å². The number of thiazole rings is 1. The third-order valence-corrected chi connectivity index (χ3v) is 5.98. The molecule has 0 saturated heterocycles. The number of amides is 1. The fourth-order valence-electron chi connectivity index (χ4n) is 2.86. The van der Waals surface area contributed by atoms with Gasteiger partial charge in [0.05, 0.1) is 22.9 Å². The van der Waals surface area contributed by atoms with E-state index in [-0.39, 0.29) is 18.6 Å². The van der Waals surface area contributed by atoms with Crippen LogP contribution in [0.3, 0.4) is 0 Å². The topological polar surface area (TPSA) is 67.2 Å². The van der Waals surface area contributed by atoms with Crippen molar-refractivity contribution in [3.8, 4) is 5.13 Å². The quantitative estimate of drug-likeness (QED) is 0.648. The summed E-state index contributed by atoms with van der Waals surface area (Å²) in [5, 5.41) is 13.3. The molecule has 0 unspecified atom stereocenters. The van der Waals surface area contributed by atoms with Gasteiger partial charge in [0.15, 0.2) is 5.13 Å². The number of benzene rings is 1. The van der Waals surface area contributed by atoms with E-state index in [4.69, 9.17) is 4.98 Å². The largest absolute Gasteiger partial charge is 0.394 e. The van der Waals surface area contributed by atoms with Crippen LogP contribution in [0.25, 0.3) is 15.3 Å². The van der Waals surface area contributed by atoms with Crippen LogP contribution in [0, 0.1) is 13.8 Å². The van der Waals surface area contributed by atoms with Crippen LogP contribution in [-0.2, 0) is 0 Å². The molecule has 7 heteroatoms. The van der Waals surface area contributed by atoms with Gasteiger partial charge in [-0.1, -0.05) is 11.3 Å². The van der Waals surface area contributed by atoms with Crippen molar-refractivity contribution in [1.29, 1.82) is 0 Å². The zero-order valence-electron chi connectivity index (χ0n) is 15.2. The standard InChI is InChI=1S/C19H23N3O2S2/c1-12-4-5-13(2)22(12)19-21-16-7-6-14(10-17(16)26-19)18(24)20-15(11-23)8-9-25-3/h4-7,10,15,23H,8-9,11H2,1-3H3,(H,20,24)/t15-/m1/s1. The van der Waals surface area contributed by atoms with Crippen LogP contribution in [0.2, 0.25) is 0 Å². The molecule has 0 radical (unpaired) electrons. The Balaban J connectivity index is 1.84. The van der Waals surface area contributed by atoms with Gasteiger partial charge in [0.1, 0.15) is 0 Å². The monoisotopic (exact) mass is 389 g/mol. The van der Waals surface area contributed by atoms with Crippen molar-refractivity contribution in [3.63, 3.8) is 0 Å². The fraction of sp³-hybridized carbons (Fsp3) is 0.368. The van der Waals surface area contributed by atoms with Crippen LogP contribution in [-0.4, -0.2) is 45.2 Å². The van der Waals surface area contributed by atoms with Gasteiger partial charge in [-0.25, -0.2) is 4.98 Å². The molecule has 1 aromatic carbocycles. The second kappa shape index (κ2) is 8.24. The summed E-state index contributed by atoms with van der Waals surface area (Å²) in [6, 6.07) is 9.48. The molecule has 2 N–H and O–H groups in total. The average Bonchev–Trinajstić information content (AvgIpc) is 3.19. The Morgan fingerprint density at radius 1 is 1.31 bits per heavy atom. The van der Waals surface area contributed by atoms with Gasteiger partial charge in [-0.15, -0.1) is 0 Å². The van der Waals surface area contributed by atoms with E-state index in [2.05, 4.69) is 35.9 Å². The zero-order chi connectivity index (χ0) is 18.7. The van der Waals surface area contributed by atoms with E-state index in [0.717, 1.165) is 38.9 Å². The van der Waals surface area contributed by atoms with Crippen molar-refractivity contribution >= 4 is 39.2 Å². The number of aliphatic hydroxyl groups is 1. The zero-order valence-corrected chi connectivity index (χ0v) is 16.8. The lowest BCUT2D eigenvalue weighted by Gasteiger charge is -2.15. The molecule has 1 amide bonds. The highest BCUT2D eigenvalue weighted by Gasteiger charge is 2.15. The van der Waals surface area contributed by atoms with Gasteiger partial charge in [0.2, 0.25) is 0 Å². The second-order valence-electron chi connectivity index (χ2n) is 6.26. The molecule has 0 saturated carbocycles. The van der Waals surface area contributed by atoms with Crippen LogP contribution in [0.5, 0.6) is 0 Å². The highest BCUT2D eigenvalue weighted by Crippen LogP contribution is 2.28. The Kier molecular flexibility index (Phi) is 6.01.